The highest BCUT2D eigenvalue weighted by Crippen LogP contribution is 2.25. The second kappa shape index (κ2) is 39.8. The molecule has 0 bridgehead atoms. The zero-order valence-electron chi connectivity index (χ0n) is 62.1. The second-order valence-corrected chi connectivity index (χ2v) is 28.2. The van der Waals surface area contributed by atoms with Crippen molar-refractivity contribution in [2.45, 2.75) is 165 Å². The first-order chi connectivity index (χ1) is 52.8. The summed E-state index contributed by atoms with van der Waals surface area (Å²) in [6.07, 6.45) is 4.49. The predicted molar refractivity (Wildman–Crippen MR) is 412 cm³/mol. The van der Waals surface area contributed by atoms with Gasteiger partial charge >= 0.3 is 0 Å². The Hall–Kier alpha value is -12.0. The summed E-state index contributed by atoms with van der Waals surface area (Å²) in [5.41, 5.74) is 14.6. The second-order valence-electron chi connectivity index (χ2n) is 28.2. The molecule has 0 aliphatic carbocycles. The molecule has 7 aromatic rings. The molecule has 11 amide bonds. The van der Waals surface area contributed by atoms with E-state index < -0.39 is 144 Å². The normalized spacial score (nSPS) is 15.9. The Bertz CT molecular complexity index is 4470. The van der Waals surface area contributed by atoms with E-state index in [1.54, 1.807) is 54.9 Å². The van der Waals surface area contributed by atoms with Crippen molar-refractivity contribution in [3.63, 3.8) is 0 Å². The Morgan fingerprint density at radius 1 is 0.573 bits per heavy atom. The third-order valence-electron chi connectivity index (χ3n) is 19.3. The number of benzene rings is 5. The molecule has 0 radical (unpaired) electrons. The molecule has 9 rings (SSSR count). The molecule has 31 nitrogen and oxygen atoms in total. The van der Waals surface area contributed by atoms with Crippen molar-refractivity contribution in [3.8, 4) is 0 Å². The number of aromatic nitrogens is 2. The maximum absolute atomic E-state index is 15.2. The van der Waals surface area contributed by atoms with E-state index in [1.807, 2.05) is 62.4 Å². The van der Waals surface area contributed by atoms with E-state index in [-0.39, 0.29) is 76.8 Å². The van der Waals surface area contributed by atoms with Gasteiger partial charge in [-0.1, -0.05) is 105 Å². The fourth-order valence-electron chi connectivity index (χ4n) is 13.5. The number of likely N-dealkylation sites (tertiary alicyclic amines) is 1. The molecule has 4 heterocycles. The summed E-state index contributed by atoms with van der Waals surface area (Å²) >= 11 is 0. The van der Waals surface area contributed by atoms with Crippen molar-refractivity contribution in [3.05, 3.63) is 156 Å². The topological polar surface area (TPSA) is 475 Å². The zero-order chi connectivity index (χ0) is 79.0. The first-order valence-electron chi connectivity index (χ1n) is 37.1. The molecule has 2 aliphatic rings. The number of hydrogen-bond donors (Lipinski definition) is 18. The first kappa shape index (κ1) is 82.1. The summed E-state index contributed by atoms with van der Waals surface area (Å²) in [6, 6.07) is 18.9. The number of nitrogens with two attached hydrogens (primary N) is 2. The van der Waals surface area contributed by atoms with Crippen LogP contribution in [0.1, 0.15) is 101 Å². The van der Waals surface area contributed by atoms with Gasteiger partial charge in [0.25, 0.3) is 0 Å². The number of aliphatic hydroxyl groups excluding tert-OH is 1. The molecule has 32 heteroatoms. The number of nitrogens with zero attached hydrogens (tertiary/aromatic N) is 2. The average Bonchev–Trinajstić information content (AvgIpc) is 1.59. The lowest BCUT2D eigenvalue weighted by Crippen LogP contribution is -2.61. The van der Waals surface area contributed by atoms with Gasteiger partial charge in [0.2, 0.25) is 65.0 Å². The smallest absolute Gasteiger partial charge is 0.245 e. The van der Waals surface area contributed by atoms with Crippen molar-refractivity contribution >= 4 is 109 Å². The summed E-state index contributed by atoms with van der Waals surface area (Å²) in [4.78, 5) is 170. The summed E-state index contributed by atoms with van der Waals surface area (Å²) < 4.78 is 14.4. The van der Waals surface area contributed by atoms with Crippen LogP contribution in [-0.4, -0.2) is 197 Å². The number of aliphatic hydroxyl groups is 1. The average molecular weight is 1510 g/mol. The minimum Gasteiger partial charge on any atom is -0.394 e. The molecule has 110 heavy (non-hydrogen) atoms. The standard InChI is InChI=1S/C78H100FN19O12/c1-44(2)35-60(69(103)92-59(22-12-31-84-78-85-32-14-33-86-78)76(110)98-34-13-23-66(98)75(109)89-45(3)67(80)101)93-72(106)63(39-51-41-87-56-19-9-7-17-54(51)56)95-68(102)58(21-11-30-83-77(81)82)91-74(108)65(43-99)97-73(107)64(40-52-42-88-57-20-10-8-18-55(52)57)96-71(105)62(37-47-25-28-53(79)29-26-47)94-70(104)61(90-46(4)100)38-48-24-27-49-15-5-6-16-50(49)36-48/h5-10,15-20,24-29,36,41-42,44-45,58-66,87-88,99H,11-14,21-23,30-35,37-40,43H2,1-4H3,(H2,80,101)(H,89,109)(H,90,100)(H,91,108)(H,92,103)(H,93,106)(H,94,104)(H,95,102)(H,96,105)(H,97,107)(H4,81,82,83)(H2,84,85,86)/t45-,58+,59+,60+,61-,62-,63-,64-,65+,66+/m1/s1. The van der Waals surface area contributed by atoms with E-state index >= 15 is 19.2 Å². The predicted octanol–water partition coefficient (Wildman–Crippen LogP) is 1.11. The molecule has 1 fully saturated rings. The van der Waals surface area contributed by atoms with Crippen LogP contribution < -0.4 is 75.3 Å². The lowest BCUT2D eigenvalue weighted by atomic mass is 9.99. The van der Waals surface area contributed by atoms with Crippen molar-refractivity contribution < 1.29 is 62.2 Å². The molecular weight excluding hydrogens is 1410 g/mol. The lowest BCUT2D eigenvalue weighted by Gasteiger charge is -2.31. The summed E-state index contributed by atoms with van der Waals surface area (Å²) in [5.74, 6) is -9.43. The molecule has 10 atom stereocenters. The number of hydrogen-bond acceptors (Lipinski definition) is 16. The lowest BCUT2D eigenvalue weighted by molar-refractivity contribution is -0.142. The minimum absolute atomic E-state index is 0.00546. The Labute approximate surface area is 635 Å². The van der Waals surface area contributed by atoms with Crippen LogP contribution in [-0.2, 0) is 78.4 Å². The van der Waals surface area contributed by atoms with Crippen LogP contribution in [0.25, 0.3) is 32.6 Å². The van der Waals surface area contributed by atoms with E-state index in [2.05, 4.69) is 78.8 Å². The molecule has 0 spiro atoms. The number of fused-ring (bicyclic) bond motifs is 3. The first-order valence-corrected chi connectivity index (χ1v) is 37.1. The Kier molecular flexibility index (Phi) is 29.7. The molecular formula is C78H100FN19O12. The number of rotatable bonds is 38. The molecule has 0 unspecified atom stereocenters. The van der Waals surface area contributed by atoms with Gasteiger partial charge in [-0.3, -0.25) is 63.1 Å². The Morgan fingerprint density at radius 2 is 1.07 bits per heavy atom. The van der Waals surface area contributed by atoms with Gasteiger partial charge in [0.15, 0.2) is 11.9 Å². The zero-order valence-corrected chi connectivity index (χ0v) is 62.1. The van der Waals surface area contributed by atoms with Gasteiger partial charge in [0.05, 0.1) is 6.61 Å². The highest BCUT2D eigenvalue weighted by Gasteiger charge is 2.41. The van der Waals surface area contributed by atoms with Crippen LogP contribution >= 0.6 is 0 Å². The number of carbonyl (C=O) groups excluding carboxylic acids is 11. The number of halogens is 1. The summed E-state index contributed by atoms with van der Waals surface area (Å²) in [6.45, 7) is 7.10. The fourth-order valence-corrected chi connectivity index (χ4v) is 13.5. The molecule has 2 aliphatic heterocycles. The number of H-pyrrole nitrogens is 2. The molecule has 1 saturated heterocycles. The number of aromatic amines is 2. The van der Waals surface area contributed by atoms with Gasteiger partial charge in [0, 0.05) is 99.5 Å². The van der Waals surface area contributed by atoms with Gasteiger partial charge < -0.3 is 95.2 Å². The maximum atomic E-state index is 15.2. The van der Waals surface area contributed by atoms with E-state index in [9.17, 15) is 43.1 Å². The molecule has 586 valence electrons. The monoisotopic (exact) mass is 1510 g/mol. The SMILES string of the molecule is CC(=O)N[C@H](Cc1ccc2ccccc2c1)C(=O)N[C@H](Cc1ccc(F)cc1)C(=O)N[C@H](Cc1c[nH]c2ccccc12)C(=O)N[C@@H](CO)C(=O)N[C@@H](CCCNC(=N)N)C(=O)N[C@H](Cc1c[nH]c2ccccc12)C(=O)N[C@@H](CC(C)C)C(=O)N[C@@H](CCCNC1=NCCCN1)C(=O)N1CCC[C@H]1C(=O)N[C@H](C)C(N)=O. The Balaban J connectivity index is 0.966. The van der Waals surface area contributed by atoms with Gasteiger partial charge in [-0.2, -0.15) is 0 Å². The van der Waals surface area contributed by atoms with E-state index in [4.69, 9.17) is 16.9 Å². The van der Waals surface area contributed by atoms with Crippen molar-refractivity contribution in [1.82, 2.24) is 78.7 Å². The number of aliphatic imine (C=N–C) groups is 1. The summed E-state index contributed by atoms with van der Waals surface area (Å²) in [5, 5.41) is 55.6. The van der Waals surface area contributed by atoms with Gasteiger partial charge in [0.1, 0.15) is 66.2 Å². The van der Waals surface area contributed by atoms with Gasteiger partial charge in [-0.25, -0.2) is 4.39 Å². The minimum atomic E-state index is -1.84. The molecule has 2 aromatic heterocycles. The fraction of sp³-hybridized carbons (Fsp3) is 0.423. The van der Waals surface area contributed by atoms with Crippen LogP contribution in [0, 0.1) is 17.1 Å². The van der Waals surface area contributed by atoms with E-state index in [1.165, 1.54) is 43.0 Å². The van der Waals surface area contributed by atoms with Crippen LogP contribution in [0.4, 0.5) is 4.39 Å². The number of carbonyl (C=O) groups is 11. The highest BCUT2D eigenvalue weighted by molar-refractivity contribution is 6.00. The number of para-hydroxylation sites is 2. The Morgan fingerprint density at radius 3 is 1.65 bits per heavy atom. The maximum Gasteiger partial charge on any atom is 0.245 e. The van der Waals surface area contributed by atoms with Crippen LogP contribution in [0.3, 0.4) is 0 Å². The third kappa shape index (κ3) is 23.5. The van der Waals surface area contributed by atoms with Crippen LogP contribution in [0.5, 0.6) is 0 Å². The number of primary amides is 1. The van der Waals surface area contributed by atoms with Crippen molar-refractivity contribution in [2.75, 3.05) is 39.3 Å². The van der Waals surface area contributed by atoms with Crippen LogP contribution in [0.15, 0.2) is 133 Å². The molecule has 0 saturated carbocycles. The van der Waals surface area contributed by atoms with Crippen molar-refractivity contribution in [1.29, 1.82) is 5.41 Å². The molecule has 20 N–H and O–H groups in total. The van der Waals surface area contributed by atoms with E-state index in [0.29, 0.717) is 82.5 Å². The van der Waals surface area contributed by atoms with Crippen LogP contribution in [0.2, 0.25) is 0 Å². The van der Waals surface area contributed by atoms with Gasteiger partial charge in [-0.15, -0.1) is 0 Å². The molecule has 5 aromatic carbocycles. The third-order valence-corrected chi connectivity index (χ3v) is 19.3. The quantitative estimate of drug-likeness (QED) is 0.0146. The largest absolute Gasteiger partial charge is 0.394 e. The van der Waals surface area contributed by atoms with E-state index in [0.717, 1.165) is 17.2 Å². The summed E-state index contributed by atoms with van der Waals surface area (Å²) in [7, 11) is 0. The number of guanidine groups is 2. The number of amides is 11. The van der Waals surface area contributed by atoms with Crippen molar-refractivity contribution in [2.24, 2.45) is 22.4 Å². The number of nitrogens with one attached hydrogen (secondary N) is 15. The van der Waals surface area contributed by atoms with Gasteiger partial charge in [-0.05, 0) is 121 Å². The highest BCUT2D eigenvalue weighted by atomic mass is 19.1.